The van der Waals surface area contributed by atoms with Gasteiger partial charge in [-0.25, -0.2) is 0 Å². The summed E-state index contributed by atoms with van der Waals surface area (Å²) in [4.78, 5) is 23.4. The Balaban J connectivity index is 1.64. The number of nitro groups is 1. The van der Waals surface area contributed by atoms with E-state index in [1.807, 2.05) is 24.3 Å². The molecule has 1 aliphatic heterocycles. The third-order valence-electron chi connectivity index (χ3n) is 4.81. The van der Waals surface area contributed by atoms with E-state index < -0.39 is 4.92 Å². The van der Waals surface area contributed by atoms with E-state index >= 15 is 0 Å². The summed E-state index contributed by atoms with van der Waals surface area (Å²) in [6.07, 6.45) is 0.770. The molecular weight excluding hydrogens is 346 g/mol. The van der Waals surface area contributed by atoms with Crippen LogP contribution >= 0.6 is 0 Å². The number of aromatic nitrogens is 1. The lowest BCUT2D eigenvalue weighted by Gasteiger charge is -2.08. The Hall–Kier alpha value is -3.19. The Labute approximate surface area is 155 Å². The van der Waals surface area contributed by atoms with Gasteiger partial charge in [0.25, 0.3) is 5.69 Å². The van der Waals surface area contributed by atoms with Crippen molar-refractivity contribution in [3.05, 3.63) is 69.9 Å². The topological polar surface area (TPSA) is 86.4 Å². The van der Waals surface area contributed by atoms with Gasteiger partial charge in [0, 0.05) is 48.7 Å². The van der Waals surface area contributed by atoms with E-state index in [9.17, 15) is 14.9 Å². The van der Waals surface area contributed by atoms with Gasteiger partial charge in [0.15, 0.2) is 6.61 Å². The van der Waals surface area contributed by atoms with E-state index in [-0.39, 0.29) is 18.1 Å². The molecule has 27 heavy (non-hydrogen) atoms. The monoisotopic (exact) mass is 365 g/mol. The van der Waals surface area contributed by atoms with E-state index in [2.05, 4.69) is 9.88 Å². The highest BCUT2D eigenvalue weighted by atomic mass is 16.6. The zero-order valence-corrected chi connectivity index (χ0v) is 14.7. The van der Waals surface area contributed by atoms with Crippen molar-refractivity contribution in [1.29, 1.82) is 0 Å². The maximum absolute atomic E-state index is 13.0. The van der Waals surface area contributed by atoms with Crippen LogP contribution in [0, 0.1) is 10.1 Å². The fourth-order valence-corrected chi connectivity index (χ4v) is 3.61. The van der Waals surface area contributed by atoms with Crippen LogP contribution in [-0.2, 0) is 13.0 Å². The Morgan fingerprint density at radius 3 is 2.89 bits per heavy atom. The predicted octanol–water partition coefficient (Wildman–Crippen LogP) is 2.96. The summed E-state index contributed by atoms with van der Waals surface area (Å²) in [6, 6.07) is 13.8. The molecule has 1 aromatic heterocycles. The molecule has 0 bridgehead atoms. The van der Waals surface area contributed by atoms with Gasteiger partial charge in [-0.05, 0) is 12.1 Å². The number of hydrogen-bond donors (Lipinski definition) is 1. The van der Waals surface area contributed by atoms with Gasteiger partial charge in [-0.2, -0.15) is 0 Å². The molecule has 2 aromatic carbocycles. The van der Waals surface area contributed by atoms with E-state index in [4.69, 9.17) is 4.74 Å². The number of rotatable bonds is 5. The lowest BCUT2D eigenvalue weighted by Crippen LogP contribution is -2.17. The van der Waals surface area contributed by atoms with Crippen molar-refractivity contribution >= 4 is 22.4 Å². The molecule has 2 heterocycles. The van der Waals surface area contributed by atoms with Gasteiger partial charge in [-0.1, -0.05) is 24.3 Å². The minimum Gasteiger partial charge on any atom is -0.485 e. The molecule has 0 atom stereocenters. The van der Waals surface area contributed by atoms with Gasteiger partial charge in [-0.15, -0.1) is 0 Å². The molecule has 0 spiro atoms. The molecule has 0 fully saturated rings. The fourth-order valence-electron chi connectivity index (χ4n) is 3.61. The van der Waals surface area contributed by atoms with Crippen molar-refractivity contribution in [3.8, 4) is 5.75 Å². The number of fused-ring (bicyclic) bond motifs is 3. The van der Waals surface area contributed by atoms with Crippen LogP contribution in [0.5, 0.6) is 5.75 Å². The van der Waals surface area contributed by atoms with E-state index in [1.54, 1.807) is 12.1 Å². The molecule has 0 saturated heterocycles. The summed E-state index contributed by atoms with van der Waals surface area (Å²) in [7, 11) is 0. The van der Waals surface area contributed by atoms with Crippen molar-refractivity contribution in [2.45, 2.75) is 13.0 Å². The number of carbonyl (C=O) groups is 1. The second-order valence-electron chi connectivity index (χ2n) is 6.46. The molecule has 7 heteroatoms. The van der Waals surface area contributed by atoms with Crippen LogP contribution in [0.25, 0.3) is 10.9 Å². The zero-order valence-electron chi connectivity index (χ0n) is 14.7. The number of nitrogens with zero attached hydrogens (tertiary/aromatic N) is 2. The zero-order chi connectivity index (χ0) is 18.8. The summed E-state index contributed by atoms with van der Waals surface area (Å²) >= 11 is 0. The van der Waals surface area contributed by atoms with Crippen LogP contribution in [-0.4, -0.2) is 35.0 Å². The number of hydrogen-bond acceptors (Lipinski definition) is 5. The van der Waals surface area contributed by atoms with Crippen molar-refractivity contribution in [2.24, 2.45) is 0 Å². The lowest BCUT2D eigenvalue weighted by molar-refractivity contribution is -0.384. The molecule has 0 radical (unpaired) electrons. The molecule has 0 amide bonds. The summed E-state index contributed by atoms with van der Waals surface area (Å²) in [5, 5.41) is 15.2. The molecule has 0 saturated carbocycles. The molecule has 0 aliphatic carbocycles. The normalized spacial score (nSPS) is 13.8. The maximum atomic E-state index is 13.0. The highest BCUT2D eigenvalue weighted by Crippen LogP contribution is 2.28. The number of nitro benzene ring substituents is 1. The van der Waals surface area contributed by atoms with Crippen molar-refractivity contribution in [1.82, 2.24) is 9.88 Å². The molecule has 1 aliphatic rings. The van der Waals surface area contributed by atoms with Gasteiger partial charge in [-0.3, -0.25) is 14.9 Å². The number of Topliss-reactive ketones (excluding diaryl/α,β-unsaturated/α-hetero) is 1. The maximum Gasteiger partial charge on any atom is 0.273 e. The smallest absolute Gasteiger partial charge is 0.273 e. The number of ketones is 1. The third-order valence-corrected chi connectivity index (χ3v) is 4.81. The number of para-hydroxylation sites is 1. The van der Waals surface area contributed by atoms with Crippen LogP contribution in [0.4, 0.5) is 5.69 Å². The fraction of sp³-hybridized carbons (Fsp3) is 0.250. The average molecular weight is 365 g/mol. The number of non-ortho nitro benzene ring substituents is 1. The third kappa shape index (κ3) is 3.29. The quantitative estimate of drug-likeness (QED) is 0.427. The number of ether oxygens (including phenoxy) is 1. The first-order chi connectivity index (χ1) is 13.1. The second-order valence-corrected chi connectivity index (χ2v) is 6.46. The molecule has 4 rings (SSSR count). The van der Waals surface area contributed by atoms with Gasteiger partial charge in [0.05, 0.1) is 16.6 Å². The highest BCUT2D eigenvalue weighted by Gasteiger charge is 2.23. The molecule has 7 nitrogen and oxygen atoms in total. The number of benzene rings is 2. The highest BCUT2D eigenvalue weighted by molar-refractivity contribution is 6.10. The van der Waals surface area contributed by atoms with Gasteiger partial charge in [0.2, 0.25) is 5.78 Å². The summed E-state index contributed by atoms with van der Waals surface area (Å²) in [5.41, 5.74) is 2.71. The second kappa shape index (κ2) is 7.20. The molecular formula is C20H19N3O4. The van der Waals surface area contributed by atoms with Crippen molar-refractivity contribution < 1.29 is 14.5 Å². The Kier molecular flexibility index (Phi) is 4.60. The minimum atomic E-state index is -0.483. The summed E-state index contributed by atoms with van der Waals surface area (Å²) in [6.45, 7) is 2.34. The molecule has 138 valence electrons. The Morgan fingerprint density at radius 2 is 2.04 bits per heavy atom. The van der Waals surface area contributed by atoms with Crippen molar-refractivity contribution in [2.75, 3.05) is 19.7 Å². The first-order valence-electron chi connectivity index (χ1n) is 8.86. The predicted molar refractivity (Wildman–Crippen MR) is 101 cm³/mol. The molecule has 0 unspecified atom stereocenters. The van der Waals surface area contributed by atoms with Crippen LogP contribution < -0.4 is 10.1 Å². The Bertz CT molecular complexity index is 1030. The van der Waals surface area contributed by atoms with Gasteiger partial charge in [0.1, 0.15) is 5.75 Å². The first kappa shape index (κ1) is 17.2. The largest absolute Gasteiger partial charge is 0.485 e. The minimum absolute atomic E-state index is 0.0609. The Morgan fingerprint density at radius 1 is 1.19 bits per heavy atom. The van der Waals surface area contributed by atoms with Crippen LogP contribution in [0.3, 0.4) is 0 Å². The summed E-state index contributed by atoms with van der Waals surface area (Å²) in [5.74, 6) is 0.196. The molecule has 1 N–H and O–H groups in total. The van der Waals surface area contributed by atoms with Gasteiger partial charge < -0.3 is 14.6 Å². The summed E-state index contributed by atoms with van der Waals surface area (Å²) < 4.78 is 7.78. The van der Waals surface area contributed by atoms with Crippen LogP contribution in [0.2, 0.25) is 0 Å². The number of carbonyl (C=O) groups excluding carboxylic acids is 1. The van der Waals surface area contributed by atoms with Gasteiger partial charge >= 0.3 is 0 Å². The lowest BCUT2D eigenvalue weighted by atomic mass is 10.1. The average Bonchev–Trinajstić information content (AvgIpc) is 2.82. The standard InChI is InChI=1S/C20H19N3O4/c24-19(13-27-15-5-3-4-14(12-15)23(25)26)20-16-6-1-2-7-17(16)22-11-10-21-9-8-18(20)22/h1-7,12,21H,8-11,13H2. The van der Waals surface area contributed by atoms with E-state index in [0.29, 0.717) is 11.3 Å². The first-order valence-corrected chi connectivity index (χ1v) is 8.86. The van der Waals surface area contributed by atoms with Crippen LogP contribution in [0.1, 0.15) is 16.1 Å². The van der Waals surface area contributed by atoms with E-state index in [0.717, 1.165) is 42.7 Å². The van der Waals surface area contributed by atoms with Crippen molar-refractivity contribution in [3.63, 3.8) is 0 Å². The molecule has 3 aromatic rings. The van der Waals surface area contributed by atoms with Crippen LogP contribution in [0.15, 0.2) is 48.5 Å². The van der Waals surface area contributed by atoms with E-state index in [1.165, 1.54) is 12.1 Å². The number of nitrogens with one attached hydrogen (secondary N) is 1. The SMILES string of the molecule is O=C(COc1cccc([N+](=O)[O-])c1)c1c2n(c3ccccc13)CCNCC2.